The molecule has 0 saturated carbocycles. The summed E-state index contributed by atoms with van der Waals surface area (Å²) in [6.45, 7) is 2.33. The summed E-state index contributed by atoms with van der Waals surface area (Å²) in [5, 5.41) is 3.06. The summed E-state index contributed by atoms with van der Waals surface area (Å²) in [7, 11) is 0. The zero-order valence-electron chi connectivity index (χ0n) is 15.0. The molecule has 0 radical (unpaired) electrons. The minimum Gasteiger partial charge on any atom is -0.356 e. The molecule has 2 atom stereocenters. The molecule has 0 aliphatic carbocycles. The van der Waals surface area contributed by atoms with Crippen LogP contribution in [0.25, 0.3) is 0 Å². The van der Waals surface area contributed by atoms with Gasteiger partial charge in [-0.2, -0.15) is 0 Å². The summed E-state index contributed by atoms with van der Waals surface area (Å²) < 4.78 is 2.62. The van der Waals surface area contributed by atoms with Gasteiger partial charge in [0.05, 0.1) is 5.75 Å². The van der Waals surface area contributed by atoms with Crippen LogP contribution in [0.15, 0.2) is 41.2 Å². The number of halogens is 1. The first-order valence-electron chi connectivity index (χ1n) is 9.03. The van der Waals surface area contributed by atoms with Gasteiger partial charge < -0.3 is 14.8 Å². The summed E-state index contributed by atoms with van der Waals surface area (Å²) in [5.74, 6) is 1.17. The second-order valence-corrected chi connectivity index (χ2v) is 9.05. The number of thiocarbonyl (C=S) groups is 1. The van der Waals surface area contributed by atoms with Crippen molar-refractivity contribution in [3.05, 3.63) is 57.6 Å². The molecule has 0 aromatic carbocycles. The number of hydrogen-bond donors (Lipinski definition) is 1. The van der Waals surface area contributed by atoms with Gasteiger partial charge in [-0.15, -0.1) is 0 Å². The van der Waals surface area contributed by atoms with E-state index >= 15 is 0 Å². The Labute approximate surface area is 177 Å². The Hall–Kier alpha value is -1.90. The van der Waals surface area contributed by atoms with Crippen molar-refractivity contribution in [2.45, 2.75) is 18.9 Å². The number of amides is 1. The Kier molecular flexibility index (Phi) is 5.70. The Morgan fingerprint density at radius 3 is 2.89 bits per heavy atom. The van der Waals surface area contributed by atoms with Crippen LogP contribution in [0.4, 0.5) is 5.82 Å². The Balaban J connectivity index is 1.35. The first kappa shape index (κ1) is 19.4. The molecule has 2 bridgehead atoms. The lowest BCUT2D eigenvalue weighted by Crippen LogP contribution is -2.48. The molecule has 6 nitrogen and oxygen atoms in total. The standard InChI is InChI=1S/C19H19ClN4O2S2/c20-15-4-2-5-16(21-15)22-17(25)11-28-19(27)23-8-12-7-13(10-23)14-3-1-6-18(26)24(14)9-12/h1-6,12-13H,7-11H2,(H,21,22,25)/t12-,13-/m1/s1. The highest BCUT2D eigenvalue weighted by Gasteiger charge is 2.35. The molecule has 0 spiro atoms. The highest BCUT2D eigenvalue weighted by atomic mass is 35.5. The number of anilines is 1. The normalized spacial score (nSPS) is 20.4. The van der Waals surface area contributed by atoms with E-state index in [2.05, 4.69) is 15.2 Å². The van der Waals surface area contributed by atoms with Crippen LogP contribution in [0.5, 0.6) is 0 Å². The van der Waals surface area contributed by atoms with Gasteiger partial charge in [-0.25, -0.2) is 4.98 Å². The minimum atomic E-state index is -0.170. The van der Waals surface area contributed by atoms with Crippen molar-refractivity contribution in [2.75, 3.05) is 24.2 Å². The number of piperidine rings is 1. The van der Waals surface area contributed by atoms with Crippen molar-refractivity contribution in [1.29, 1.82) is 0 Å². The number of carbonyl (C=O) groups excluding carboxylic acids is 1. The fourth-order valence-electron chi connectivity index (χ4n) is 3.92. The highest BCUT2D eigenvalue weighted by molar-refractivity contribution is 8.23. The van der Waals surface area contributed by atoms with Crippen LogP contribution < -0.4 is 10.9 Å². The quantitative estimate of drug-likeness (QED) is 0.591. The molecule has 1 amide bonds. The molecule has 2 aliphatic heterocycles. The molecule has 1 fully saturated rings. The molecular formula is C19H19ClN4O2S2. The topological polar surface area (TPSA) is 67.2 Å². The number of rotatable bonds is 3. The molecule has 0 unspecified atom stereocenters. The van der Waals surface area contributed by atoms with Crippen molar-refractivity contribution in [1.82, 2.24) is 14.5 Å². The first-order chi connectivity index (χ1) is 13.5. The fraction of sp³-hybridized carbons (Fsp3) is 0.368. The van der Waals surface area contributed by atoms with Gasteiger partial charge in [-0.05, 0) is 30.5 Å². The molecule has 146 valence electrons. The first-order valence-corrected chi connectivity index (χ1v) is 10.8. The summed E-state index contributed by atoms with van der Waals surface area (Å²) in [4.78, 5) is 30.5. The van der Waals surface area contributed by atoms with Crippen molar-refractivity contribution in [3.8, 4) is 0 Å². The van der Waals surface area contributed by atoms with E-state index in [9.17, 15) is 9.59 Å². The van der Waals surface area contributed by atoms with Crippen LogP contribution in [0.1, 0.15) is 18.0 Å². The van der Waals surface area contributed by atoms with Crippen LogP contribution in [-0.2, 0) is 11.3 Å². The van der Waals surface area contributed by atoms with E-state index in [1.54, 1.807) is 24.3 Å². The van der Waals surface area contributed by atoms with E-state index in [0.29, 0.717) is 22.8 Å². The van der Waals surface area contributed by atoms with Crippen LogP contribution in [0.2, 0.25) is 5.15 Å². The Bertz CT molecular complexity index is 980. The molecule has 1 N–H and O–H groups in total. The maximum absolute atomic E-state index is 12.2. The van der Waals surface area contributed by atoms with Gasteiger partial charge in [0.25, 0.3) is 5.56 Å². The molecule has 4 heterocycles. The predicted octanol–water partition coefficient (Wildman–Crippen LogP) is 2.97. The number of fused-ring (bicyclic) bond motifs is 4. The molecular weight excluding hydrogens is 416 g/mol. The summed E-state index contributed by atoms with van der Waals surface area (Å²) in [5.41, 5.74) is 1.16. The fourth-order valence-corrected chi connectivity index (χ4v) is 5.07. The van der Waals surface area contributed by atoms with Gasteiger partial charge in [-0.1, -0.05) is 47.7 Å². The van der Waals surface area contributed by atoms with Gasteiger partial charge in [0.15, 0.2) is 0 Å². The van der Waals surface area contributed by atoms with Crippen molar-refractivity contribution < 1.29 is 4.79 Å². The second-order valence-electron chi connectivity index (χ2n) is 7.05. The monoisotopic (exact) mass is 434 g/mol. The maximum atomic E-state index is 12.2. The number of hydrogen-bond acceptors (Lipinski definition) is 5. The second kappa shape index (κ2) is 8.23. The maximum Gasteiger partial charge on any atom is 0.250 e. The molecule has 2 aromatic heterocycles. The van der Waals surface area contributed by atoms with Gasteiger partial charge in [0.1, 0.15) is 15.3 Å². The molecule has 2 aromatic rings. The van der Waals surface area contributed by atoms with Gasteiger partial charge in [-0.3, -0.25) is 9.59 Å². The zero-order valence-corrected chi connectivity index (χ0v) is 17.4. The number of thioether (sulfide) groups is 1. The lowest BCUT2D eigenvalue weighted by Gasteiger charge is -2.43. The van der Waals surface area contributed by atoms with E-state index in [4.69, 9.17) is 23.8 Å². The third-order valence-corrected chi connectivity index (χ3v) is 6.78. The minimum absolute atomic E-state index is 0.0731. The van der Waals surface area contributed by atoms with Crippen LogP contribution >= 0.6 is 35.6 Å². The Morgan fingerprint density at radius 2 is 2.07 bits per heavy atom. The van der Waals surface area contributed by atoms with E-state index in [0.717, 1.165) is 36.1 Å². The van der Waals surface area contributed by atoms with E-state index in [1.165, 1.54) is 11.8 Å². The summed E-state index contributed by atoms with van der Waals surface area (Å²) in [6.07, 6.45) is 1.08. The largest absolute Gasteiger partial charge is 0.356 e. The molecule has 1 saturated heterocycles. The zero-order chi connectivity index (χ0) is 19.7. The summed E-state index contributed by atoms with van der Waals surface area (Å²) in [6, 6.07) is 10.6. The van der Waals surface area contributed by atoms with Crippen LogP contribution in [0.3, 0.4) is 0 Å². The molecule has 9 heteroatoms. The number of aromatic nitrogens is 2. The van der Waals surface area contributed by atoms with Gasteiger partial charge >= 0.3 is 0 Å². The van der Waals surface area contributed by atoms with Gasteiger partial charge in [0, 0.05) is 37.3 Å². The predicted molar refractivity (Wildman–Crippen MR) is 116 cm³/mol. The van der Waals surface area contributed by atoms with E-state index < -0.39 is 0 Å². The molecule has 4 rings (SSSR count). The SMILES string of the molecule is O=C(CSC(=S)N1C[C@H]2C[C@H](C1)c1cccc(=O)n1C2)Nc1cccc(Cl)n1. The average Bonchev–Trinajstić information content (AvgIpc) is 2.67. The number of nitrogens with one attached hydrogen (secondary N) is 1. The van der Waals surface area contributed by atoms with Crippen molar-refractivity contribution in [3.63, 3.8) is 0 Å². The lowest BCUT2D eigenvalue weighted by atomic mass is 9.83. The number of nitrogens with zero attached hydrogens (tertiary/aromatic N) is 3. The lowest BCUT2D eigenvalue weighted by molar-refractivity contribution is -0.113. The third-order valence-electron chi connectivity index (χ3n) is 5.05. The van der Waals surface area contributed by atoms with E-state index in [-0.39, 0.29) is 17.2 Å². The number of carbonyl (C=O) groups is 1. The third kappa shape index (κ3) is 4.24. The van der Waals surface area contributed by atoms with Gasteiger partial charge in [0.2, 0.25) is 5.91 Å². The number of likely N-dealkylation sites (tertiary alicyclic amines) is 1. The van der Waals surface area contributed by atoms with Crippen molar-refractivity contribution >= 4 is 51.6 Å². The Morgan fingerprint density at radius 1 is 1.25 bits per heavy atom. The molecule has 2 aliphatic rings. The number of pyridine rings is 2. The smallest absolute Gasteiger partial charge is 0.250 e. The summed E-state index contributed by atoms with van der Waals surface area (Å²) >= 11 is 12.8. The highest BCUT2D eigenvalue weighted by Crippen LogP contribution is 2.36. The van der Waals surface area contributed by atoms with Crippen molar-refractivity contribution in [2.24, 2.45) is 5.92 Å². The average molecular weight is 435 g/mol. The van der Waals surface area contributed by atoms with E-state index in [1.807, 2.05) is 16.7 Å². The van der Waals surface area contributed by atoms with Crippen LogP contribution in [0, 0.1) is 5.92 Å². The molecule has 28 heavy (non-hydrogen) atoms. The van der Waals surface area contributed by atoms with Crippen LogP contribution in [-0.4, -0.2) is 43.5 Å².